The number of hydrogen-bond donors (Lipinski definition) is 6. The van der Waals surface area contributed by atoms with E-state index >= 15 is 0 Å². The van der Waals surface area contributed by atoms with Crippen LogP contribution in [0.1, 0.15) is 60.8 Å². The molecule has 0 heterocycles. The van der Waals surface area contributed by atoms with Crippen LogP contribution in [0.2, 0.25) is 0 Å². The fourth-order valence-corrected chi connectivity index (χ4v) is 2.97. The van der Waals surface area contributed by atoms with E-state index in [1.165, 1.54) is 0 Å². The lowest BCUT2D eigenvalue weighted by Gasteiger charge is -2.30. The van der Waals surface area contributed by atoms with E-state index in [1.807, 2.05) is 34.6 Å². The molecule has 10 heteroatoms. The molecule has 180 valence electrons. The van der Waals surface area contributed by atoms with Gasteiger partial charge in [0.1, 0.15) is 18.1 Å². The van der Waals surface area contributed by atoms with Crippen LogP contribution in [0.15, 0.2) is 0 Å². The number of hydrogen-bond acceptors (Lipinski definition) is 6. The Morgan fingerprint density at radius 3 is 1.58 bits per heavy atom. The lowest BCUT2D eigenvalue weighted by atomic mass is 9.94. The molecule has 0 radical (unpaired) electrons. The molecule has 0 aliphatic heterocycles. The van der Waals surface area contributed by atoms with Crippen molar-refractivity contribution in [2.45, 2.75) is 85.0 Å². The van der Waals surface area contributed by atoms with Gasteiger partial charge in [0.15, 0.2) is 0 Å². The zero-order valence-electron chi connectivity index (χ0n) is 19.5. The summed E-state index contributed by atoms with van der Waals surface area (Å²) >= 11 is 0. The SMILES string of the molecule is CCC(C)C(NC(=O)C(N)CC(C)C)C(=O)NC(C(=O)NC(CO)C(=O)O)C(C)CC. The Bertz CT molecular complexity index is 613. The Hall–Kier alpha value is -2.20. The van der Waals surface area contributed by atoms with Crippen LogP contribution in [0.4, 0.5) is 0 Å². The number of rotatable bonds is 14. The molecule has 0 spiro atoms. The van der Waals surface area contributed by atoms with Crippen LogP contribution in [0.5, 0.6) is 0 Å². The van der Waals surface area contributed by atoms with Crippen LogP contribution < -0.4 is 21.7 Å². The lowest BCUT2D eigenvalue weighted by molar-refractivity contribution is -0.143. The number of carboxylic acids is 1. The number of aliphatic carboxylic acids is 1. The zero-order valence-corrected chi connectivity index (χ0v) is 19.5. The molecule has 0 saturated carbocycles. The third kappa shape index (κ3) is 9.65. The minimum absolute atomic E-state index is 0.212. The fourth-order valence-electron chi connectivity index (χ4n) is 2.97. The van der Waals surface area contributed by atoms with Gasteiger partial charge >= 0.3 is 5.97 Å². The van der Waals surface area contributed by atoms with Crippen LogP contribution in [0.25, 0.3) is 0 Å². The van der Waals surface area contributed by atoms with Gasteiger partial charge in [0, 0.05) is 0 Å². The first-order chi connectivity index (χ1) is 14.4. The van der Waals surface area contributed by atoms with Crippen LogP contribution in [0.3, 0.4) is 0 Å². The van der Waals surface area contributed by atoms with E-state index in [4.69, 9.17) is 15.9 Å². The highest BCUT2D eigenvalue weighted by Crippen LogP contribution is 2.13. The number of nitrogens with one attached hydrogen (secondary N) is 3. The molecular formula is C21H40N4O6. The summed E-state index contributed by atoms with van der Waals surface area (Å²) in [6.07, 6.45) is 1.61. The molecule has 0 aliphatic carbocycles. The molecule has 0 bridgehead atoms. The number of carbonyl (C=O) groups excluding carboxylic acids is 3. The number of nitrogens with two attached hydrogens (primary N) is 1. The third-order valence-electron chi connectivity index (χ3n) is 5.45. The summed E-state index contributed by atoms with van der Waals surface area (Å²) in [5.41, 5.74) is 5.94. The normalized spacial score (nSPS) is 17.1. The first kappa shape index (κ1) is 28.8. The lowest BCUT2D eigenvalue weighted by Crippen LogP contribution is -2.60. The monoisotopic (exact) mass is 444 g/mol. The summed E-state index contributed by atoms with van der Waals surface area (Å²) in [5.74, 6) is -3.40. The minimum atomic E-state index is -1.48. The van der Waals surface area contributed by atoms with Gasteiger partial charge in [-0.25, -0.2) is 4.79 Å². The van der Waals surface area contributed by atoms with E-state index in [2.05, 4.69) is 16.0 Å². The summed E-state index contributed by atoms with van der Waals surface area (Å²) in [4.78, 5) is 49.3. The van der Waals surface area contributed by atoms with Crippen LogP contribution in [-0.2, 0) is 19.2 Å². The maximum Gasteiger partial charge on any atom is 0.328 e. The average Bonchev–Trinajstić information content (AvgIpc) is 2.71. The summed E-state index contributed by atoms with van der Waals surface area (Å²) < 4.78 is 0. The first-order valence-corrected chi connectivity index (χ1v) is 10.9. The molecule has 0 aliphatic rings. The first-order valence-electron chi connectivity index (χ1n) is 10.9. The summed E-state index contributed by atoms with van der Waals surface area (Å²) in [7, 11) is 0. The van der Waals surface area contributed by atoms with Gasteiger partial charge in [-0.15, -0.1) is 0 Å². The van der Waals surface area contributed by atoms with Crippen molar-refractivity contribution in [3.63, 3.8) is 0 Å². The van der Waals surface area contributed by atoms with Gasteiger partial charge in [0.2, 0.25) is 17.7 Å². The number of aliphatic hydroxyl groups is 1. The second-order valence-electron chi connectivity index (χ2n) is 8.56. The number of carbonyl (C=O) groups is 4. The Labute approximate surface area is 184 Å². The molecule has 0 fully saturated rings. The maximum absolute atomic E-state index is 13.0. The van der Waals surface area contributed by atoms with Gasteiger partial charge in [-0.05, 0) is 24.2 Å². The molecule has 6 unspecified atom stereocenters. The van der Waals surface area contributed by atoms with E-state index in [-0.39, 0.29) is 17.8 Å². The van der Waals surface area contributed by atoms with Crippen molar-refractivity contribution in [3.05, 3.63) is 0 Å². The standard InChI is InChI=1S/C21H40N4O6/c1-7-12(5)16(19(28)23-15(10-26)21(30)31)25-20(29)17(13(6)8-2)24-18(27)14(22)9-11(3)4/h11-17,26H,7-10,22H2,1-6H3,(H,23,28)(H,24,27)(H,25,29)(H,30,31). The Morgan fingerprint density at radius 2 is 1.23 bits per heavy atom. The molecule has 0 aromatic carbocycles. The van der Waals surface area contributed by atoms with Crippen molar-refractivity contribution in [3.8, 4) is 0 Å². The molecule has 31 heavy (non-hydrogen) atoms. The minimum Gasteiger partial charge on any atom is -0.480 e. The molecule has 0 rings (SSSR count). The molecule has 0 aromatic rings. The van der Waals surface area contributed by atoms with Gasteiger partial charge in [0.25, 0.3) is 0 Å². The quantitative estimate of drug-likeness (QED) is 0.219. The molecule has 0 saturated heterocycles. The second-order valence-corrected chi connectivity index (χ2v) is 8.56. The van der Waals surface area contributed by atoms with E-state index in [0.29, 0.717) is 19.3 Å². The van der Waals surface area contributed by atoms with Gasteiger partial charge < -0.3 is 31.9 Å². The van der Waals surface area contributed by atoms with Crippen LogP contribution in [0, 0.1) is 17.8 Å². The Balaban J connectivity index is 5.52. The van der Waals surface area contributed by atoms with Crippen molar-refractivity contribution in [2.75, 3.05) is 6.61 Å². The summed E-state index contributed by atoms with van der Waals surface area (Å²) in [6, 6.07) is -4.16. The molecular weight excluding hydrogens is 404 g/mol. The molecule has 6 atom stereocenters. The van der Waals surface area contributed by atoms with E-state index < -0.39 is 54.5 Å². The molecule has 3 amide bonds. The van der Waals surface area contributed by atoms with Gasteiger partial charge in [-0.3, -0.25) is 14.4 Å². The number of aliphatic hydroxyl groups excluding tert-OH is 1. The largest absolute Gasteiger partial charge is 0.480 e. The van der Waals surface area contributed by atoms with Gasteiger partial charge in [-0.2, -0.15) is 0 Å². The Kier molecular flexibility index (Phi) is 13.0. The van der Waals surface area contributed by atoms with Crippen molar-refractivity contribution < 1.29 is 29.4 Å². The van der Waals surface area contributed by atoms with Crippen molar-refractivity contribution >= 4 is 23.7 Å². The predicted octanol–water partition coefficient (Wildman–Crippen LogP) is -0.0167. The van der Waals surface area contributed by atoms with Gasteiger partial charge in [-0.1, -0.05) is 54.4 Å². The van der Waals surface area contributed by atoms with Crippen molar-refractivity contribution in [1.82, 2.24) is 16.0 Å². The molecule has 0 aromatic heterocycles. The highest BCUT2D eigenvalue weighted by atomic mass is 16.4. The van der Waals surface area contributed by atoms with Crippen molar-refractivity contribution in [2.24, 2.45) is 23.5 Å². The predicted molar refractivity (Wildman–Crippen MR) is 117 cm³/mol. The number of amides is 3. The van der Waals surface area contributed by atoms with Crippen molar-refractivity contribution in [1.29, 1.82) is 0 Å². The summed E-state index contributed by atoms with van der Waals surface area (Å²) in [5, 5.41) is 25.8. The average molecular weight is 445 g/mol. The summed E-state index contributed by atoms with van der Waals surface area (Å²) in [6.45, 7) is 10.4. The molecule has 10 nitrogen and oxygen atoms in total. The van der Waals surface area contributed by atoms with Crippen LogP contribution in [-0.4, -0.2) is 64.7 Å². The second kappa shape index (κ2) is 14.0. The van der Waals surface area contributed by atoms with Crippen LogP contribution >= 0.6 is 0 Å². The molecule has 7 N–H and O–H groups in total. The highest BCUT2D eigenvalue weighted by Gasteiger charge is 2.34. The zero-order chi connectivity index (χ0) is 24.3. The smallest absolute Gasteiger partial charge is 0.328 e. The van der Waals surface area contributed by atoms with Gasteiger partial charge in [0.05, 0.1) is 12.6 Å². The topological polar surface area (TPSA) is 171 Å². The van der Waals surface area contributed by atoms with E-state index in [9.17, 15) is 19.2 Å². The highest BCUT2D eigenvalue weighted by molar-refractivity contribution is 5.94. The maximum atomic E-state index is 13.0. The van der Waals surface area contributed by atoms with E-state index in [1.54, 1.807) is 6.92 Å². The third-order valence-corrected chi connectivity index (χ3v) is 5.45. The number of carboxylic acid groups (broad SMARTS) is 1. The fraction of sp³-hybridized carbons (Fsp3) is 0.810. The van der Waals surface area contributed by atoms with E-state index in [0.717, 1.165) is 0 Å². The Morgan fingerprint density at radius 1 is 0.806 bits per heavy atom.